The first-order chi connectivity index (χ1) is 12.0. The largest absolute Gasteiger partial charge is 0.348 e. The minimum absolute atomic E-state index is 0.0962. The van der Waals surface area contributed by atoms with E-state index in [1.807, 2.05) is 68.1 Å². The van der Waals surface area contributed by atoms with E-state index in [0.717, 1.165) is 22.6 Å². The maximum absolute atomic E-state index is 12.4. The Bertz CT molecular complexity index is 883. The molecule has 1 aromatic carbocycles. The molecule has 0 aliphatic rings. The van der Waals surface area contributed by atoms with Crippen LogP contribution in [0, 0.1) is 13.8 Å². The summed E-state index contributed by atoms with van der Waals surface area (Å²) < 4.78 is 3.67. The summed E-state index contributed by atoms with van der Waals surface area (Å²) in [7, 11) is 0. The van der Waals surface area contributed by atoms with Crippen LogP contribution < -0.4 is 5.32 Å². The van der Waals surface area contributed by atoms with Gasteiger partial charge in [-0.2, -0.15) is 5.10 Å². The van der Waals surface area contributed by atoms with Crippen molar-refractivity contribution in [1.82, 2.24) is 19.7 Å². The number of amides is 1. The molecule has 1 atom stereocenters. The van der Waals surface area contributed by atoms with Crippen LogP contribution in [0.2, 0.25) is 5.02 Å². The molecule has 5 nitrogen and oxygen atoms in total. The fraction of sp³-hybridized carbons (Fsp3) is 0.263. The van der Waals surface area contributed by atoms with E-state index in [1.165, 1.54) is 0 Å². The Morgan fingerprint density at radius 2 is 1.96 bits per heavy atom. The number of aryl methyl sites for hydroxylation is 1. The zero-order valence-corrected chi connectivity index (χ0v) is 15.3. The highest BCUT2D eigenvalue weighted by Gasteiger charge is 2.14. The van der Waals surface area contributed by atoms with Crippen LogP contribution >= 0.6 is 11.6 Å². The maximum Gasteiger partial charge on any atom is 0.242 e. The highest BCUT2D eigenvalue weighted by atomic mass is 35.5. The quantitative estimate of drug-likeness (QED) is 0.755. The van der Waals surface area contributed by atoms with Gasteiger partial charge in [-0.25, -0.2) is 0 Å². The van der Waals surface area contributed by atoms with Crippen LogP contribution in [0.5, 0.6) is 0 Å². The zero-order chi connectivity index (χ0) is 18.0. The predicted molar refractivity (Wildman–Crippen MR) is 99.0 cm³/mol. The normalized spacial score (nSPS) is 12.2. The molecule has 2 heterocycles. The average molecular weight is 357 g/mol. The highest BCUT2D eigenvalue weighted by molar-refractivity contribution is 6.31. The molecule has 3 rings (SSSR count). The van der Waals surface area contributed by atoms with Gasteiger partial charge in [-0.1, -0.05) is 23.7 Å². The minimum Gasteiger partial charge on any atom is -0.348 e. The third-order valence-corrected chi connectivity index (χ3v) is 4.78. The van der Waals surface area contributed by atoms with Crippen LogP contribution in [0.4, 0.5) is 0 Å². The Morgan fingerprint density at radius 3 is 2.60 bits per heavy atom. The summed E-state index contributed by atoms with van der Waals surface area (Å²) in [5.74, 6) is -0.0962. The second-order valence-corrected chi connectivity index (χ2v) is 6.49. The van der Waals surface area contributed by atoms with Crippen LogP contribution in [0.1, 0.15) is 29.9 Å². The van der Waals surface area contributed by atoms with Gasteiger partial charge >= 0.3 is 0 Å². The fourth-order valence-corrected chi connectivity index (χ4v) is 2.93. The Morgan fingerprint density at radius 1 is 1.24 bits per heavy atom. The van der Waals surface area contributed by atoms with E-state index >= 15 is 0 Å². The molecular formula is C19H21ClN4O. The van der Waals surface area contributed by atoms with Crippen LogP contribution in [0.25, 0.3) is 5.69 Å². The molecule has 25 heavy (non-hydrogen) atoms. The molecule has 1 unspecified atom stereocenters. The van der Waals surface area contributed by atoms with Crippen molar-refractivity contribution in [2.75, 3.05) is 0 Å². The molecule has 0 saturated carbocycles. The minimum atomic E-state index is -0.101. The Balaban J connectivity index is 1.69. The standard InChI is InChI=1S/C19H21ClN4O/c1-13(16-7-6-8-17(11-16)23-9-4-5-10-23)21-18(25)12-24-15(3)19(20)14(2)22-24/h4-11,13H,12H2,1-3H3,(H,21,25). The molecule has 0 spiro atoms. The number of nitrogens with one attached hydrogen (secondary N) is 1. The maximum atomic E-state index is 12.4. The number of benzene rings is 1. The average Bonchev–Trinajstić information content (AvgIpc) is 3.21. The van der Waals surface area contributed by atoms with E-state index in [0.29, 0.717) is 5.02 Å². The van der Waals surface area contributed by atoms with E-state index in [1.54, 1.807) is 4.68 Å². The van der Waals surface area contributed by atoms with Gasteiger partial charge in [0.1, 0.15) is 6.54 Å². The number of carbonyl (C=O) groups excluding carboxylic acids is 1. The molecule has 0 aliphatic heterocycles. The van der Waals surface area contributed by atoms with Crippen LogP contribution in [0.15, 0.2) is 48.8 Å². The van der Waals surface area contributed by atoms with Crippen molar-refractivity contribution < 1.29 is 4.79 Å². The fourth-order valence-electron chi connectivity index (χ4n) is 2.80. The summed E-state index contributed by atoms with van der Waals surface area (Å²) >= 11 is 6.13. The lowest BCUT2D eigenvalue weighted by Crippen LogP contribution is -2.30. The van der Waals surface area contributed by atoms with Gasteiger partial charge in [-0.15, -0.1) is 0 Å². The molecular weight excluding hydrogens is 336 g/mol. The molecule has 0 aliphatic carbocycles. The van der Waals surface area contributed by atoms with E-state index < -0.39 is 0 Å². The summed E-state index contributed by atoms with van der Waals surface area (Å²) in [6.07, 6.45) is 3.99. The Hall–Kier alpha value is -2.53. The van der Waals surface area contributed by atoms with Crippen molar-refractivity contribution in [3.05, 3.63) is 70.8 Å². The van der Waals surface area contributed by atoms with Crippen LogP contribution in [0.3, 0.4) is 0 Å². The van der Waals surface area contributed by atoms with Crippen LogP contribution in [-0.4, -0.2) is 20.3 Å². The van der Waals surface area contributed by atoms with Gasteiger partial charge in [0.25, 0.3) is 0 Å². The molecule has 2 aromatic heterocycles. The molecule has 3 aromatic rings. The second-order valence-electron chi connectivity index (χ2n) is 6.12. The molecule has 130 valence electrons. The van der Waals surface area contributed by atoms with E-state index in [-0.39, 0.29) is 18.5 Å². The van der Waals surface area contributed by atoms with Gasteiger partial charge in [0.15, 0.2) is 0 Å². The van der Waals surface area contributed by atoms with Gasteiger partial charge in [-0.3, -0.25) is 9.48 Å². The number of rotatable bonds is 5. The van der Waals surface area contributed by atoms with Crippen LogP contribution in [-0.2, 0) is 11.3 Å². The molecule has 0 saturated heterocycles. The van der Waals surface area contributed by atoms with E-state index in [9.17, 15) is 4.79 Å². The van der Waals surface area contributed by atoms with Gasteiger partial charge in [0.2, 0.25) is 5.91 Å². The topological polar surface area (TPSA) is 51.9 Å². The monoisotopic (exact) mass is 356 g/mol. The molecule has 0 radical (unpaired) electrons. The van der Waals surface area contributed by atoms with Crippen molar-refractivity contribution in [3.8, 4) is 5.69 Å². The van der Waals surface area contributed by atoms with Gasteiger partial charge < -0.3 is 9.88 Å². The lowest BCUT2D eigenvalue weighted by Gasteiger charge is -2.16. The molecule has 1 amide bonds. The van der Waals surface area contributed by atoms with Crippen molar-refractivity contribution in [2.45, 2.75) is 33.4 Å². The van der Waals surface area contributed by atoms with Crippen molar-refractivity contribution in [2.24, 2.45) is 0 Å². The number of nitrogens with zero attached hydrogens (tertiary/aromatic N) is 3. The van der Waals surface area contributed by atoms with E-state index in [2.05, 4.69) is 16.5 Å². The van der Waals surface area contributed by atoms with Gasteiger partial charge in [0, 0.05) is 18.1 Å². The lowest BCUT2D eigenvalue weighted by molar-refractivity contribution is -0.122. The highest BCUT2D eigenvalue weighted by Crippen LogP contribution is 2.19. The molecule has 1 N–H and O–H groups in total. The first kappa shape index (κ1) is 17.3. The van der Waals surface area contributed by atoms with E-state index in [4.69, 9.17) is 11.6 Å². The summed E-state index contributed by atoms with van der Waals surface area (Å²) in [6.45, 7) is 5.82. The predicted octanol–water partition coefficient (Wildman–Crippen LogP) is 3.82. The first-order valence-corrected chi connectivity index (χ1v) is 8.55. The van der Waals surface area contributed by atoms with Gasteiger partial charge in [0.05, 0.1) is 22.5 Å². The van der Waals surface area contributed by atoms with Crippen molar-refractivity contribution in [3.63, 3.8) is 0 Å². The number of hydrogen-bond acceptors (Lipinski definition) is 2. The number of halogens is 1. The third-order valence-electron chi connectivity index (χ3n) is 4.24. The molecule has 0 bridgehead atoms. The number of hydrogen-bond donors (Lipinski definition) is 1. The molecule has 0 fully saturated rings. The van der Waals surface area contributed by atoms with Gasteiger partial charge in [-0.05, 0) is 50.6 Å². The Kier molecular flexibility index (Phi) is 4.95. The summed E-state index contributed by atoms with van der Waals surface area (Å²) in [6, 6.07) is 12.0. The third kappa shape index (κ3) is 3.77. The SMILES string of the molecule is Cc1nn(CC(=O)NC(C)c2cccc(-n3cccc3)c2)c(C)c1Cl. The number of aromatic nitrogens is 3. The van der Waals surface area contributed by atoms with Crippen molar-refractivity contribution >= 4 is 17.5 Å². The smallest absolute Gasteiger partial charge is 0.242 e. The summed E-state index contributed by atoms with van der Waals surface area (Å²) in [5.41, 5.74) is 3.65. The summed E-state index contributed by atoms with van der Waals surface area (Å²) in [4.78, 5) is 12.4. The lowest BCUT2D eigenvalue weighted by atomic mass is 10.1. The Labute approximate surface area is 152 Å². The first-order valence-electron chi connectivity index (χ1n) is 8.18. The summed E-state index contributed by atoms with van der Waals surface area (Å²) in [5, 5.41) is 7.93. The number of carbonyl (C=O) groups is 1. The molecule has 6 heteroatoms. The van der Waals surface area contributed by atoms with Crippen molar-refractivity contribution in [1.29, 1.82) is 0 Å². The second kappa shape index (κ2) is 7.15. The zero-order valence-electron chi connectivity index (χ0n) is 14.5.